The number of para-hydroxylation sites is 1. The number of halogens is 6. The van der Waals surface area contributed by atoms with Crippen LogP contribution in [0.15, 0.2) is 78.9 Å². The van der Waals surface area contributed by atoms with Crippen molar-refractivity contribution in [2.75, 3.05) is 0 Å². The molecular weight excluding hydrogens is 450 g/mol. The van der Waals surface area contributed by atoms with Gasteiger partial charge in [0.1, 0.15) is 17.2 Å². The third-order valence-corrected chi connectivity index (χ3v) is 4.92. The maximum absolute atomic E-state index is 13.7. The molecule has 0 spiro atoms. The van der Waals surface area contributed by atoms with Crippen LogP contribution < -0.4 is 9.47 Å². The van der Waals surface area contributed by atoms with Crippen molar-refractivity contribution in [3.05, 3.63) is 90.0 Å². The van der Waals surface area contributed by atoms with Crippen LogP contribution in [-0.2, 0) is 12.0 Å². The minimum Gasteiger partial charge on any atom is -0.457 e. The van der Waals surface area contributed by atoms with E-state index in [1.807, 2.05) is 6.07 Å². The molecule has 3 aromatic carbocycles. The first-order valence-electron chi connectivity index (χ1n) is 9.93. The van der Waals surface area contributed by atoms with Crippen LogP contribution in [0.1, 0.15) is 24.0 Å². The van der Waals surface area contributed by atoms with Gasteiger partial charge in [-0.25, -0.2) is 0 Å². The molecule has 0 saturated heterocycles. The van der Waals surface area contributed by atoms with Crippen molar-refractivity contribution in [2.24, 2.45) is 0 Å². The Bertz CT molecular complexity index is 1030. The molecule has 0 radical (unpaired) electrons. The van der Waals surface area contributed by atoms with E-state index in [1.54, 1.807) is 48.5 Å². The monoisotopic (exact) mass is 470 g/mol. The lowest BCUT2D eigenvalue weighted by atomic mass is 9.87. The van der Waals surface area contributed by atoms with Gasteiger partial charge < -0.3 is 14.6 Å². The average molecular weight is 470 g/mol. The maximum atomic E-state index is 13.7. The Morgan fingerprint density at radius 1 is 0.697 bits per heavy atom. The van der Waals surface area contributed by atoms with Crippen molar-refractivity contribution >= 4 is 0 Å². The van der Waals surface area contributed by atoms with Crippen molar-refractivity contribution in [1.82, 2.24) is 0 Å². The van der Waals surface area contributed by atoms with Gasteiger partial charge >= 0.3 is 12.5 Å². The lowest BCUT2D eigenvalue weighted by Gasteiger charge is -2.31. The first-order valence-corrected chi connectivity index (χ1v) is 9.93. The minimum atomic E-state index is -5.03. The topological polar surface area (TPSA) is 38.7 Å². The molecule has 0 fully saturated rings. The minimum absolute atomic E-state index is 0.0361. The molecule has 0 bridgehead atoms. The molecule has 33 heavy (non-hydrogen) atoms. The van der Waals surface area contributed by atoms with Gasteiger partial charge in [-0.15, -0.1) is 13.2 Å². The zero-order valence-electron chi connectivity index (χ0n) is 17.2. The van der Waals surface area contributed by atoms with Gasteiger partial charge in [0.25, 0.3) is 0 Å². The van der Waals surface area contributed by atoms with Crippen molar-refractivity contribution in [3.63, 3.8) is 0 Å². The highest BCUT2D eigenvalue weighted by Gasteiger charge is 2.54. The molecule has 1 N–H and O–H groups in total. The Kier molecular flexibility index (Phi) is 7.22. The number of ether oxygens (including phenoxy) is 2. The van der Waals surface area contributed by atoms with Crippen LogP contribution in [-0.4, -0.2) is 17.6 Å². The van der Waals surface area contributed by atoms with E-state index < -0.39 is 35.9 Å². The molecule has 0 heterocycles. The van der Waals surface area contributed by atoms with Crippen LogP contribution in [0.4, 0.5) is 26.3 Å². The predicted molar refractivity (Wildman–Crippen MR) is 109 cm³/mol. The molecule has 0 saturated carbocycles. The SMILES string of the molecule is OC(CCCc1cccc(Oc2ccccc2)c1)(c1ccc(OC(F)(F)F)cc1)C(F)(F)F. The van der Waals surface area contributed by atoms with E-state index >= 15 is 0 Å². The third-order valence-electron chi connectivity index (χ3n) is 4.92. The van der Waals surface area contributed by atoms with E-state index in [0.29, 0.717) is 17.1 Å². The first kappa shape index (κ1) is 24.4. The lowest BCUT2D eigenvalue weighted by Crippen LogP contribution is -2.42. The fourth-order valence-electron chi connectivity index (χ4n) is 3.32. The quantitative estimate of drug-likeness (QED) is 0.356. The van der Waals surface area contributed by atoms with E-state index in [2.05, 4.69) is 4.74 Å². The molecule has 9 heteroatoms. The summed E-state index contributed by atoms with van der Waals surface area (Å²) in [5, 5.41) is 10.5. The first-order chi connectivity index (χ1) is 15.5. The zero-order valence-corrected chi connectivity index (χ0v) is 17.2. The normalized spacial score (nSPS) is 13.9. The van der Waals surface area contributed by atoms with Crippen molar-refractivity contribution in [2.45, 2.75) is 37.4 Å². The standard InChI is InChI=1S/C24H20F6O3/c25-23(26,27)22(31,18-11-13-20(14-12-18)33-24(28,29)30)15-5-7-17-6-4-10-21(16-17)32-19-8-2-1-3-9-19/h1-4,6,8-14,16,31H,5,7,15H2. The van der Waals surface area contributed by atoms with Crippen molar-refractivity contribution < 1.29 is 40.9 Å². The Morgan fingerprint density at radius 3 is 1.94 bits per heavy atom. The Labute approximate surface area is 186 Å². The highest BCUT2D eigenvalue weighted by atomic mass is 19.4. The van der Waals surface area contributed by atoms with E-state index in [4.69, 9.17) is 4.74 Å². The average Bonchev–Trinajstić information content (AvgIpc) is 2.73. The molecule has 176 valence electrons. The summed E-state index contributed by atoms with van der Waals surface area (Å²) in [6.45, 7) is 0. The third kappa shape index (κ3) is 6.64. The predicted octanol–water partition coefficient (Wildman–Crippen LogP) is 7.15. The smallest absolute Gasteiger partial charge is 0.457 e. The highest BCUT2D eigenvalue weighted by molar-refractivity contribution is 5.34. The second-order valence-corrected chi connectivity index (χ2v) is 7.35. The van der Waals surface area contributed by atoms with Gasteiger partial charge in [-0.2, -0.15) is 13.2 Å². The fraction of sp³-hybridized carbons (Fsp3) is 0.250. The van der Waals surface area contributed by atoms with Gasteiger partial charge in [0.2, 0.25) is 0 Å². The molecule has 0 aliphatic carbocycles. The summed E-state index contributed by atoms with van der Waals surface area (Å²) < 4.78 is 87.4. The summed E-state index contributed by atoms with van der Waals surface area (Å²) >= 11 is 0. The number of rotatable bonds is 8. The summed E-state index contributed by atoms with van der Waals surface area (Å²) in [6, 6.07) is 18.9. The summed E-state index contributed by atoms with van der Waals surface area (Å²) in [4.78, 5) is 0. The molecule has 0 aliphatic heterocycles. The van der Waals surface area contributed by atoms with Crippen LogP contribution in [0.2, 0.25) is 0 Å². The van der Waals surface area contributed by atoms with Crippen LogP contribution in [0, 0.1) is 0 Å². The van der Waals surface area contributed by atoms with Gasteiger partial charge in [-0.1, -0.05) is 42.5 Å². The van der Waals surface area contributed by atoms with Gasteiger partial charge in [-0.05, 0) is 66.8 Å². The Hall–Kier alpha value is -3.20. The van der Waals surface area contributed by atoms with Gasteiger partial charge in [0.05, 0.1) is 0 Å². The molecule has 3 rings (SSSR count). The zero-order chi connectivity index (χ0) is 24.1. The Morgan fingerprint density at radius 2 is 1.33 bits per heavy atom. The number of hydrogen-bond acceptors (Lipinski definition) is 3. The highest BCUT2D eigenvalue weighted by Crippen LogP contribution is 2.43. The second kappa shape index (κ2) is 9.74. The largest absolute Gasteiger partial charge is 0.573 e. The second-order valence-electron chi connectivity index (χ2n) is 7.35. The van der Waals surface area contributed by atoms with Crippen LogP contribution in [0.3, 0.4) is 0 Å². The number of alkyl halides is 6. The van der Waals surface area contributed by atoms with Gasteiger partial charge in [0.15, 0.2) is 5.60 Å². The summed E-state index contributed by atoms with van der Waals surface area (Å²) in [5.41, 5.74) is -3.07. The summed E-state index contributed by atoms with van der Waals surface area (Å²) in [7, 11) is 0. The molecular formula is C24H20F6O3. The molecule has 1 unspecified atom stereocenters. The van der Waals surface area contributed by atoms with Crippen molar-refractivity contribution in [3.8, 4) is 17.2 Å². The van der Waals surface area contributed by atoms with Crippen LogP contribution >= 0.6 is 0 Å². The lowest BCUT2D eigenvalue weighted by molar-refractivity contribution is -0.275. The van der Waals surface area contributed by atoms with Crippen LogP contribution in [0.25, 0.3) is 0 Å². The molecule has 0 aromatic heterocycles. The van der Waals surface area contributed by atoms with Gasteiger partial charge in [0, 0.05) is 0 Å². The van der Waals surface area contributed by atoms with E-state index in [1.165, 1.54) is 0 Å². The number of hydrogen-bond donors (Lipinski definition) is 1. The van der Waals surface area contributed by atoms with E-state index in [0.717, 1.165) is 24.3 Å². The molecule has 0 amide bonds. The van der Waals surface area contributed by atoms with Gasteiger partial charge in [-0.3, -0.25) is 0 Å². The number of benzene rings is 3. The Balaban J connectivity index is 1.69. The van der Waals surface area contributed by atoms with E-state index in [-0.39, 0.29) is 12.8 Å². The van der Waals surface area contributed by atoms with Crippen LogP contribution in [0.5, 0.6) is 17.2 Å². The number of aliphatic hydroxyl groups is 1. The number of aryl methyl sites for hydroxylation is 1. The van der Waals surface area contributed by atoms with Crippen molar-refractivity contribution in [1.29, 1.82) is 0 Å². The summed E-state index contributed by atoms with van der Waals surface area (Å²) in [6.07, 6.45) is -10.5. The molecule has 1 atom stereocenters. The fourth-order valence-corrected chi connectivity index (χ4v) is 3.32. The molecule has 0 aliphatic rings. The molecule has 3 aromatic rings. The maximum Gasteiger partial charge on any atom is 0.573 e. The summed E-state index contributed by atoms with van der Waals surface area (Å²) in [5.74, 6) is 0.454. The molecule has 3 nitrogen and oxygen atoms in total. The van der Waals surface area contributed by atoms with E-state index in [9.17, 15) is 31.4 Å².